The molecule has 3 N–H and O–H groups in total. The van der Waals surface area contributed by atoms with E-state index in [0.29, 0.717) is 22.2 Å². The molecule has 1 aromatic carbocycles. The molecule has 0 saturated carbocycles. The number of hydrogen-bond acceptors (Lipinski definition) is 3. The summed E-state index contributed by atoms with van der Waals surface area (Å²) in [5.74, 6) is -0.402. The van der Waals surface area contributed by atoms with Crippen LogP contribution in [-0.2, 0) is 7.05 Å². The molecule has 0 radical (unpaired) electrons. The first-order valence-electron chi connectivity index (χ1n) is 7.01. The number of amides is 2. The molecule has 0 unspecified atom stereocenters. The summed E-state index contributed by atoms with van der Waals surface area (Å²) in [5, 5.41) is 3.12. The normalized spacial score (nSPS) is 10.7. The highest BCUT2D eigenvalue weighted by Crippen LogP contribution is 2.28. The summed E-state index contributed by atoms with van der Waals surface area (Å²) < 4.78 is 7.07. The van der Waals surface area contributed by atoms with Crippen LogP contribution in [0.4, 0.5) is 5.69 Å². The second-order valence-corrected chi connectivity index (χ2v) is 5.76. The number of aromatic nitrogens is 1. The van der Waals surface area contributed by atoms with Crippen molar-refractivity contribution in [3.05, 3.63) is 46.7 Å². The maximum Gasteiger partial charge on any atom is 0.272 e. The van der Waals surface area contributed by atoms with Crippen molar-refractivity contribution in [2.75, 3.05) is 5.32 Å². The van der Waals surface area contributed by atoms with Gasteiger partial charge in [-0.05, 0) is 38.1 Å². The van der Waals surface area contributed by atoms with Crippen molar-refractivity contribution in [3.63, 3.8) is 0 Å². The predicted octanol–water partition coefficient (Wildman–Crippen LogP) is 2.82. The SMILES string of the molecule is CC(C)Oc1ccc(NC(=O)c2cc(C(N)=O)cn2C)cc1Cl. The number of nitrogens with one attached hydrogen (secondary N) is 1. The number of carbonyl (C=O) groups is 2. The Morgan fingerprint density at radius 2 is 2.00 bits per heavy atom. The first-order chi connectivity index (χ1) is 10.8. The molecule has 0 spiro atoms. The van der Waals surface area contributed by atoms with Gasteiger partial charge in [0.25, 0.3) is 5.91 Å². The summed E-state index contributed by atoms with van der Waals surface area (Å²) in [6.07, 6.45) is 1.51. The molecule has 0 saturated heterocycles. The lowest BCUT2D eigenvalue weighted by atomic mass is 10.2. The first-order valence-corrected chi connectivity index (χ1v) is 7.39. The average molecular weight is 336 g/mol. The number of primary amides is 1. The number of benzene rings is 1. The molecule has 0 aliphatic carbocycles. The van der Waals surface area contributed by atoms with E-state index in [0.717, 1.165) is 0 Å². The summed E-state index contributed by atoms with van der Waals surface area (Å²) in [5.41, 5.74) is 6.33. The van der Waals surface area contributed by atoms with Crippen LogP contribution in [0.25, 0.3) is 0 Å². The summed E-state index contributed by atoms with van der Waals surface area (Å²) in [6.45, 7) is 3.80. The standard InChI is InChI=1S/C16H18ClN3O3/c1-9(2)23-14-5-4-11(7-12(14)17)19-16(22)13-6-10(15(18)21)8-20(13)3/h4-9H,1-3H3,(H2,18,21)(H,19,22). The van der Waals surface area contributed by atoms with Gasteiger partial charge in [-0.2, -0.15) is 0 Å². The van der Waals surface area contributed by atoms with Crippen LogP contribution in [0.15, 0.2) is 30.5 Å². The van der Waals surface area contributed by atoms with Gasteiger partial charge in [0.2, 0.25) is 5.91 Å². The van der Waals surface area contributed by atoms with Gasteiger partial charge in [0.15, 0.2) is 0 Å². The van der Waals surface area contributed by atoms with Crippen molar-refractivity contribution < 1.29 is 14.3 Å². The lowest BCUT2D eigenvalue weighted by Crippen LogP contribution is -2.15. The van der Waals surface area contributed by atoms with E-state index in [1.54, 1.807) is 25.2 Å². The van der Waals surface area contributed by atoms with E-state index < -0.39 is 5.91 Å². The van der Waals surface area contributed by atoms with Gasteiger partial charge in [0, 0.05) is 18.9 Å². The van der Waals surface area contributed by atoms with Crippen LogP contribution in [0.1, 0.15) is 34.7 Å². The Kier molecular flexibility index (Phi) is 4.95. The highest BCUT2D eigenvalue weighted by atomic mass is 35.5. The van der Waals surface area contributed by atoms with Gasteiger partial charge in [-0.25, -0.2) is 0 Å². The molecule has 0 fully saturated rings. The lowest BCUT2D eigenvalue weighted by molar-refractivity contribution is 0.0998. The maximum absolute atomic E-state index is 12.3. The molecule has 6 nitrogen and oxygen atoms in total. The Balaban J connectivity index is 2.17. The maximum atomic E-state index is 12.3. The first kappa shape index (κ1) is 16.9. The molecule has 2 aromatic rings. The van der Waals surface area contributed by atoms with Gasteiger partial charge in [-0.3, -0.25) is 9.59 Å². The number of aryl methyl sites for hydroxylation is 1. The predicted molar refractivity (Wildman–Crippen MR) is 89.1 cm³/mol. The van der Waals surface area contributed by atoms with Crippen LogP contribution >= 0.6 is 11.6 Å². The molecule has 0 aliphatic heterocycles. The fourth-order valence-corrected chi connectivity index (χ4v) is 2.27. The summed E-state index contributed by atoms with van der Waals surface area (Å²) >= 11 is 6.14. The number of rotatable bonds is 5. The molecule has 7 heteroatoms. The van der Waals surface area contributed by atoms with Crippen molar-refractivity contribution in [1.82, 2.24) is 4.57 Å². The smallest absolute Gasteiger partial charge is 0.272 e. The van der Waals surface area contributed by atoms with Crippen molar-refractivity contribution in [1.29, 1.82) is 0 Å². The molecule has 23 heavy (non-hydrogen) atoms. The van der Waals surface area contributed by atoms with E-state index in [9.17, 15) is 9.59 Å². The second kappa shape index (κ2) is 6.75. The van der Waals surface area contributed by atoms with Gasteiger partial charge < -0.3 is 20.4 Å². The molecule has 1 aromatic heterocycles. The zero-order valence-corrected chi connectivity index (χ0v) is 13.8. The van der Waals surface area contributed by atoms with Crippen molar-refractivity contribution in [2.45, 2.75) is 20.0 Å². The zero-order chi connectivity index (χ0) is 17.1. The minimum Gasteiger partial charge on any atom is -0.489 e. The van der Waals surface area contributed by atoms with Crippen molar-refractivity contribution in [2.24, 2.45) is 12.8 Å². The lowest BCUT2D eigenvalue weighted by Gasteiger charge is -2.12. The number of hydrogen-bond donors (Lipinski definition) is 2. The number of halogens is 1. The monoisotopic (exact) mass is 335 g/mol. The Bertz CT molecular complexity index is 753. The van der Waals surface area contributed by atoms with Gasteiger partial charge in [-0.15, -0.1) is 0 Å². The highest BCUT2D eigenvalue weighted by molar-refractivity contribution is 6.32. The molecule has 0 aliphatic rings. The number of nitrogens with zero attached hydrogens (tertiary/aromatic N) is 1. The quantitative estimate of drug-likeness (QED) is 0.880. The van der Waals surface area contributed by atoms with Crippen LogP contribution < -0.4 is 15.8 Å². The molecule has 2 rings (SSSR count). The van der Waals surface area contributed by atoms with E-state index >= 15 is 0 Å². The topological polar surface area (TPSA) is 86.3 Å². The van der Waals surface area contributed by atoms with Crippen molar-refractivity contribution in [3.8, 4) is 5.75 Å². The van der Waals surface area contributed by atoms with Crippen LogP contribution in [0.5, 0.6) is 5.75 Å². The van der Waals surface area contributed by atoms with Gasteiger partial charge in [0.05, 0.1) is 16.7 Å². The van der Waals surface area contributed by atoms with Crippen molar-refractivity contribution >= 4 is 29.1 Å². The third-order valence-electron chi connectivity index (χ3n) is 3.07. The minimum absolute atomic E-state index is 0.00327. The van der Waals surface area contributed by atoms with Gasteiger partial charge >= 0.3 is 0 Å². The van der Waals surface area contributed by atoms with Crippen LogP contribution in [0.2, 0.25) is 5.02 Å². The largest absolute Gasteiger partial charge is 0.489 e. The Morgan fingerprint density at radius 1 is 1.30 bits per heavy atom. The number of ether oxygens (including phenoxy) is 1. The molecular formula is C16H18ClN3O3. The zero-order valence-electron chi connectivity index (χ0n) is 13.1. The number of carbonyl (C=O) groups excluding carboxylic acids is 2. The second-order valence-electron chi connectivity index (χ2n) is 5.36. The summed E-state index contributed by atoms with van der Waals surface area (Å²) in [4.78, 5) is 23.4. The van der Waals surface area contributed by atoms with E-state index in [2.05, 4.69) is 5.32 Å². The van der Waals surface area contributed by atoms with Crippen LogP contribution in [0.3, 0.4) is 0 Å². The third-order valence-corrected chi connectivity index (χ3v) is 3.37. The Labute approximate surface area is 139 Å². The Morgan fingerprint density at radius 3 is 2.52 bits per heavy atom. The highest BCUT2D eigenvalue weighted by Gasteiger charge is 2.15. The molecule has 2 amide bonds. The molecule has 0 atom stereocenters. The van der Waals surface area contributed by atoms with Crippen LogP contribution in [0, 0.1) is 0 Å². The minimum atomic E-state index is -0.585. The van der Waals surface area contributed by atoms with Gasteiger partial charge in [0.1, 0.15) is 11.4 Å². The van der Waals surface area contributed by atoms with E-state index in [-0.39, 0.29) is 17.6 Å². The summed E-state index contributed by atoms with van der Waals surface area (Å²) in [6, 6.07) is 6.43. The Hall–Kier alpha value is -2.47. The van der Waals surface area contributed by atoms with E-state index in [4.69, 9.17) is 22.1 Å². The molecular weight excluding hydrogens is 318 g/mol. The van der Waals surface area contributed by atoms with Gasteiger partial charge in [-0.1, -0.05) is 11.6 Å². The van der Waals surface area contributed by atoms with E-state index in [1.807, 2.05) is 13.8 Å². The van der Waals surface area contributed by atoms with E-state index in [1.165, 1.54) is 16.8 Å². The van der Waals surface area contributed by atoms with Crippen LogP contribution in [-0.4, -0.2) is 22.5 Å². The number of anilines is 1. The molecule has 1 heterocycles. The summed E-state index contributed by atoms with van der Waals surface area (Å²) in [7, 11) is 1.66. The third kappa shape index (κ3) is 4.04. The molecule has 122 valence electrons. The number of nitrogens with two attached hydrogens (primary N) is 1. The fourth-order valence-electron chi connectivity index (χ4n) is 2.05. The average Bonchev–Trinajstić information content (AvgIpc) is 2.84. The molecule has 0 bridgehead atoms. The fraction of sp³-hybridized carbons (Fsp3) is 0.250.